The summed E-state index contributed by atoms with van der Waals surface area (Å²) < 4.78 is 5.15. The number of hydrogen-bond donors (Lipinski definition) is 2. The van der Waals surface area contributed by atoms with Gasteiger partial charge in [-0.2, -0.15) is 0 Å². The molecule has 1 saturated heterocycles. The van der Waals surface area contributed by atoms with Crippen molar-refractivity contribution in [3.63, 3.8) is 0 Å². The number of amides is 3. The molecule has 4 rings (SSSR count). The second-order valence-corrected chi connectivity index (χ2v) is 10.3. The quantitative estimate of drug-likeness (QED) is 0.562. The molecule has 0 radical (unpaired) electrons. The van der Waals surface area contributed by atoms with Crippen molar-refractivity contribution >= 4 is 51.5 Å². The molecular weight excluding hydrogens is 488 g/mol. The number of fused-ring (bicyclic) bond motifs is 1. The van der Waals surface area contributed by atoms with Gasteiger partial charge in [0, 0.05) is 22.1 Å². The lowest BCUT2D eigenvalue weighted by atomic mass is 10.0. The molecule has 2 aliphatic rings. The van der Waals surface area contributed by atoms with Crippen LogP contribution in [0.5, 0.6) is 0 Å². The van der Waals surface area contributed by atoms with Crippen LogP contribution in [0, 0.1) is 0 Å². The van der Waals surface area contributed by atoms with Crippen molar-refractivity contribution < 1.29 is 19.1 Å². The van der Waals surface area contributed by atoms with Crippen LogP contribution in [-0.2, 0) is 22.5 Å². The van der Waals surface area contributed by atoms with E-state index in [1.807, 2.05) is 0 Å². The predicted octanol–water partition coefficient (Wildman–Crippen LogP) is 4.98. The Morgan fingerprint density at radius 2 is 1.86 bits per heavy atom. The van der Waals surface area contributed by atoms with E-state index in [0.717, 1.165) is 36.4 Å². The molecule has 35 heavy (non-hydrogen) atoms. The van der Waals surface area contributed by atoms with E-state index in [1.54, 1.807) is 36.1 Å². The molecule has 1 fully saturated rings. The van der Waals surface area contributed by atoms with Crippen LogP contribution in [0.15, 0.2) is 24.3 Å². The Balaban J connectivity index is 1.57. The summed E-state index contributed by atoms with van der Waals surface area (Å²) in [4.78, 5) is 43.3. The van der Waals surface area contributed by atoms with Crippen LogP contribution in [0.25, 0.3) is 0 Å². The van der Waals surface area contributed by atoms with Gasteiger partial charge in [-0.05, 0) is 63.0 Å². The van der Waals surface area contributed by atoms with Crippen molar-refractivity contribution in [1.29, 1.82) is 0 Å². The number of hydrogen-bond acceptors (Lipinski definition) is 6. The maximum absolute atomic E-state index is 13.4. The van der Waals surface area contributed by atoms with Gasteiger partial charge in [0.2, 0.25) is 5.91 Å². The Kier molecular flexibility index (Phi) is 8.64. The highest BCUT2D eigenvalue weighted by Gasteiger charge is 2.31. The number of carbonyl (C=O) groups excluding carboxylic acids is 3. The van der Waals surface area contributed by atoms with Gasteiger partial charge in [-0.3, -0.25) is 14.5 Å². The molecule has 0 saturated carbocycles. The largest absolute Gasteiger partial charge is 0.450 e. The Hall–Kier alpha value is -2.62. The number of carbonyl (C=O) groups is 3. The van der Waals surface area contributed by atoms with Gasteiger partial charge in [-0.15, -0.1) is 11.3 Å². The van der Waals surface area contributed by atoms with Gasteiger partial charge in [0.25, 0.3) is 5.91 Å². The monoisotopic (exact) mass is 518 g/mol. The first-order valence-corrected chi connectivity index (χ1v) is 13.3. The van der Waals surface area contributed by atoms with E-state index in [0.29, 0.717) is 53.9 Å². The number of nitrogens with one attached hydrogen (secondary N) is 2. The molecule has 0 aliphatic carbocycles. The molecule has 2 N–H and O–H groups in total. The molecule has 3 heterocycles. The van der Waals surface area contributed by atoms with Crippen LogP contribution in [0.3, 0.4) is 0 Å². The summed E-state index contributed by atoms with van der Waals surface area (Å²) in [5.41, 5.74) is 1.89. The van der Waals surface area contributed by atoms with Gasteiger partial charge in [-0.25, -0.2) is 4.79 Å². The number of rotatable bonds is 6. The SMILES string of the molecule is CCOC(=O)N1CCc2c(sc(NC(=O)CN3CCCCCC3)c2C(=O)Nc2cccc(Cl)c2)C1. The highest BCUT2D eigenvalue weighted by molar-refractivity contribution is 7.17. The van der Waals surface area contributed by atoms with E-state index in [1.165, 1.54) is 24.2 Å². The topological polar surface area (TPSA) is 91.0 Å². The lowest BCUT2D eigenvalue weighted by molar-refractivity contribution is -0.117. The number of ether oxygens (including phenoxy) is 1. The predicted molar refractivity (Wildman–Crippen MR) is 138 cm³/mol. The van der Waals surface area contributed by atoms with E-state index in [9.17, 15) is 14.4 Å². The van der Waals surface area contributed by atoms with Crippen LogP contribution >= 0.6 is 22.9 Å². The molecule has 10 heteroatoms. The third-order valence-electron chi connectivity index (χ3n) is 6.21. The summed E-state index contributed by atoms with van der Waals surface area (Å²) in [7, 11) is 0. The fraction of sp³-hybridized carbons (Fsp3) is 0.480. The molecule has 1 aromatic carbocycles. The second-order valence-electron chi connectivity index (χ2n) is 8.78. The summed E-state index contributed by atoms with van der Waals surface area (Å²) in [5.74, 6) is -0.441. The molecule has 8 nitrogen and oxygen atoms in total. The van der Waals surface area contributed by atoms with Crippen molar-refractivity contribution in [2.75, 3.05) is 43.4 Å². The molecule has 2 aromatic rings. The second kappa shape index (κ2) is 11.9. The highest BCUT2D eigenvalue weighted by Crippen LogP contribution is 2.38. The number of nitrogens with zero attached hydrogens (tertiary/aromatic N) is 2. The van der Waals surface area contributed by atoms with Crippen molar-refractivity contribution in [2.45, 2.75) is 45.6 Å². The average Bonchev–Trinajstić information content (AvgIpc) is 2.97. The zero-order valence-electron chi connectivity index (χ0n) is 19.9. The minimum absolute atomic E-state index is 0.135. The van der Waals surface area contributed by atoms with E-state index >= 15 is 0 Å². The van der Waals surface area contributed by atoms with Gasteiger partial charge in [0.15, 0.2) is 0 Å². The molecule has 0 atom stereocenters. The van der Waals surface area contributed by atoms with Gasteiger partial charge < -0.3 is 20.3 Å². The van der Waals surface area contributed by atoms with Gasteiger partial charge >= 0.3 is 6.09 Å². The summed E-state index contributed by atoms with van der Waals surface area (Å²) in [6.07, 6.45) is 4.71. The Morgan fingerprint density at radius 3 is 2.57 bits per heavy atom. The smallest absolute Gasteiger partial charge is 0.410 e. The number of likely N-dealkylation sites (tertiary alicyclic amines) is 1. The number of halogens is 1. The van der Waals surface area contributed by atoms with Gasteiger partial charge in [-0.1, -0.05) is 30.5 Å². The summed E-state index contributed by atoms with van der Waals surface area (Å²) in [6.45, 7) is 4.98. The zero-order chi connectivity index (χ0) is 24.8. The third kappa shape index (κ3) is 6.54. The molecule has 1 aromatic heterocycles. The highest BCUT2D eigenvalue weighted by atomic mass is 35.5. The molecule has 3 amide bonds. The van der Waals surface area contributed by atoms with Gasteiger partial charge in [0.05, 0.1) is 25.3 Å². The summed E-state index contributed by atoms with van der Waals surface area (Å²) in [5, 5.41) is 6.94. The lowest BCUT2D eigenvalue weighted by Gasteiger charge is -2.26. The standard InChI is InChI=1S/C25H31ClN4O4S/c1-2-34-25(33)30-13-10-19-20(15-30)35-24(28-21(31)16-29-11-5-3-4-6-12-29)22(19)23(32)27-18-9-7-8-17(26)14-18/h7-9,14H,2-6,10-13,15-16H2,1H3,(H,27,32)(H,28,31). The van der Waals surface area contributed by atoms with Crippen LogP contribution in [0.2, 0.25) is 5.02 Å². The minimum Gasteiger partial charge on any atom is -0.450 e. The summed E-state index contributed by atoms with van der Waals surface area (Å²) in [6, 6.07) is 6.95. The van der Waals surface area contributed by atoms with Crippen LogP contribution < -0.4 is 10.6 Å². The fourth-order valence-electron chi connectivity index (χ4n) is 4.53. The molecule has 188 valence electrons. The van der Waals surface area contributed by atoms with Crippen LogP contribution in [-0.4, -0.2) is 60.5 Å². The van der Waals surface area contributed by atoms with Crippen molar-refractivity contribution in [1.82, 2.24) is 9.80 Å². The maximum atomic E-state index is 13.4. The Bertz CT molecular complexity index is 1080. The van der Waals surface area contributed by atoms with Crippen molar-refractivity contribution in [2.24, 2.45) is 0 Å². The van der Waals surface area contributed by atoms with Crippen molar-refractivity contribution in [3.05, 3.63) is 45.3 Å². The summed E-state index contributed by atoms with van der Waals surface area (Å²) >= 11 is 7.43. The first-order chi connectivity index (χ1) is 16.9. The number of anilines is 2. The zero-order valence-corrected chi connectivity index (χ0v) is 21.5. The van der Waals surface area contributed by atoms with Crippen molar-refractivity contribution in [3.8, 4) is 0 Å². The molecule has 2 aliphatic heterocycles. The minimum atomic E-state index is -0.372. The van der Waals surface area contributed by atoms with E-state index in [4.69, 9.17) is 16.3 Å². The molecule has 0 unspecified atom stereocenters. The fourth-order valence-corrected chi connectivity index (χ4v) is 5.99. The molecule has 0 bridgehead atoms. The average molecular weight is 519 g/mol. The number of thiophene rings is 1. The van der Waals surface area contributed by atoms with Crippen LogP contribution in [0.4, 0.5) is 15.5 Å². The maximum Gasteiger partial charge on any atom is 0.410 e. The normalized spacial score (nSPS) is 16.2. The third-order valence-corrected chi connectivity index (χ3v) is 7.58. The molecular formula is C25H31ClN4O4S. The van der Waals surface area contributed by atoms with E-state index in [-0.39, 0.29) is 17.9 Å². The number of benzene rings is 1. The molecule has 0 spiro atoms. The van der Waals surface area contributed by atoms with Gasteiger partial charge in [0.1, 0.15) is 5.00 Å². The lowest BCUT2D eigenvalue weighted by Crippen LogP contribution is -2.36. The first-order valence-electron chi connectivity index (χ1n) is 12.1. The van der Waals surface area contributed by atoms with E-state index in [2.05, 4.69) is 15.5 Å². The van der Waals surface area contributed by atoms with Crippen LogP contribution in [0.1, 0.15) is 53.4 Å². The first kappa shape index (κ1) is 25.5. The van der Waals surface area contributed by atoms with E-state index < -0.39 is 0 Å². The Labute approximate surface area is 214 Å². The Morgan fingerprint density at radius 1 is 1.09 bits per heavy atom.